The average Bonchev–Trinajstić information content (AvgIpc) is 2.60. The van der Waals surface area contributed by atoms with Crippen LogP contribution in [0.2, 0.25) is 0 Å². The highest BCUT2D eigenvalue weighted by atomic mass is 16.6. The number of fused-ring (bicyclic) bond motifs is 1. The molecule has 0 bridgehead atoms. The van der Waals surface area contributed by atoms with Gasteiger partial charge in [0.2, 0.25) is 5.91 Å². The van der Waals surface area contributed by atoms with Crippen LogP contribution in [0, 0.1) is 10.1 Å². The van der Waals surface area contributed by atoms with Crippen LogP contribution in [0.15, 0.2) is 23.2 Å². The predicted octanol–water partition coefficient (Wildman–Crippen LogP) is 2.16. The topological polar surface area (TPSA) is 75.8 Å². The minimum Gasteiger partial charge on any atom is -0.310 e. The first kappa shape index (κ1) is 13.2. The molecule has 19 heavy (non-hydrogen) atoms. The molecule has 0 spiro atoms. The molecule has 0 N–H and O–H groups in total. The van der Waals surface area contributed by atoms with E-state index in [1.165, 1.54) is 12.1 Å². The van der Waals surface area contributed by atoms with E-state index in [4.69, 9.17) is 0 Å². The Balaban J connectivity index is 2.40. The Kier molecular flexibility index (Phi) is 3.89. The molecule has 0 saturated carbocycles. The normalized spacial score (nSPS) is 13.8. The van der Waals surface area contributed by atoms with E-state index < -0.39 is 4.92 Å². The molecule has 0 radical (unpaired) electrons. The maximum Gasteiger partial charge on any atom is 0.270 e. The zero-order valence-electron chi connectivity index (χ0n) is 10.7. The van der Waals surface area contributed by atoms with Crippen LogP contribution >= 0.6 is 0 Å². The summed E-state index contributed by atoms with van der Waals surface area (Å²) < 4.78 is 0. The number of benzodiazepines with no additional fused rings is 1. The summed E-state index contributed by atoms with van der Waals surface area (Å²) >= 11 is 0. The molecule has 0 saturated heterocycles. The van der Waals surface area contributed by atoms with Crippen LogP contribution in [0.5, 0.6) is 0 Å². The molecular formula is C13H15N3O3. The molecule has 6 nitrogen and oxygen atoms in total. The third-order valence-electron chi connectivity index (χ3n) is 2.96. The summed E-state index contributed by atoms with van der Waals surface area (Å²) in [7, 11) is 0. The van der Waals surface area contributed by atoms with Gasteiger partial charge >= 0.3 is 0 Å². The van der Waals surface area contributed by atoms with Gasteiger partial charge in [0.05, 0.1) is 17.2 Å². The fourth-order valence-corrected chi connectivity index (χ4v) is 2.05. The minimum absolute atomic E-state index is 0.00925. The number of benzene rings is 1. The second-order valence-electron chi connectivity index (χ2n) is 4.33. The number of nitro groups is 1. The number of rotatable bonds is 3. The molecule has 1 aromatic rings. The zero-order valence-corrected chi connectivity index (χ0v) is 10.7. The Morgan fingerprint density at radius 3 is 3.00 bits per heavy atom. The van der Waals surface area contributed by atoms with Gasteiger partial charge in [-0.2, -0.15) is 0 Å². The zero-order chi connectivity index (χ0) is 13.8. The first-order chi connectivity index (χ1) is 9.13. The summed E-state index contributed by atoms with van der Waals surface area (Å²) in [5.41, 5.74) is 1.33. The van der Waals surface area contributed by atoms with Crippen molar-refractivity contribution in [1.29, 1.82) is 0 Å². The summed E-state index contributed by atoms with van der Waals surface area (Å²) in [5, 5.41) is 10.8. The molecule has 1 heterocycles. The number of carbonyl (C=O) groups is 1. The SMILES string of the molecule is CCCC(=O)N1CCN=Cc2cc([N+](=O)[O-])ccc21. The molecule has 6 heteroatoms. The van der Waals surface area contributed by atoms with E-state index in [-0.39, 0.29) is 11.6 Å². The highest BCUT2D eigenvalue weighted by Crippen LogP contribution is 2.26. The maximum absolute atomic E-state index is 12.1. The predicted molar refractivity (Wildman–Crippen MR) is 72.8 cm³/mol. The Hall–Kier alpha value is -2.24. The average molecular weight is 261 g/mol. The van der Waals surface area contributed by atoms with Gasteiger partial charge in [0.25, 0.3) is 5.69 Å². The van der Waals surface area contributed by atoms with Gasteiger partial charge in [-0.1, -0.05) is 6.92 Å². The van der Waals surface area contributed by atoms with E-state index in [0.29, 0.717) is 30.8 Å². The quantitative estimate of drug-likeness (QED) is 0.618. The smallest absolute Gasteiger partial charge is 0.270 e. The van der Waals surface area contributed by atoms with Gasteiger partial charge in [-0.15, -0.1) is 0 Å². The van der Waals surface area contributed by atoms with Gasteiger partial charge in [0.1, 0.15) is 0 Å². The van der Waals surface area contributed by atoms with Crippen molar-refractivity contribution in [2.75, 3.05) is 18.0 Å². The number of non-ortho nitro benzene ring substituents is 1. The number of nitrogens with zero attached hydrogens (tertiary/aromatic N) is 3. The highest BCUT2D eigenvalue weighted by Gasteiger charge is 2.20. The van der Waals surface area contributed by atoms with Crippen LogP contribution in [0.3, 0.4) is 0 Å². The van der Waals surface area contributed by atoms with E-state index in [1.807, 2.05) is 6.92 Å². The van der Waals surface area contributed by atoms with Crippen LogP contribution in [-0.4, -0.2) is 30.1 Å². The first-order valence-corrected chi connectivity index (χ1v) is 6.22. The van der Waals surface area contributed by atoms with E-state index in [2.05, 4.69) is 4.99 Å². The van der Waals surface area contributed by atoms with Crippen LogP contribution in [0.25, 0.3) is 0 Å². The molecule has 1 aromatic carbocycles. The molecule has 0 fully saturated rings. The second kappa shape index (κ2) is 5.60. The van der Waals surface area contributed by atoms with Crippen molar-refractivity contribution in [3.63, 3.8) is 0 Å². The third kappa shape index (κ3) is 2.78. The highest BCUT2D eigenvalue weighted by molar-refractivity contribution is 6.00. The number of hydrogen-bond donors (Lipinski definition) is 0. The molecule has 1 aliphatic heterocycles. The Bertz CT molecular complexity index is 540. The van der Waals surface area contributed by atoms with Crippen molar-refractivity contribution in [3.8, 4) is 0 Å². The van der Waals surface area contributed by atoms with Crippen molar-refractivity contribution in [3.05, 3.63) is 33.9 Å². The molecule has 100 valence electrons. The third-order valence-corrected chi connectivity index (χ3v) is 2.96. The van der Waals surface area contributed by atoms with Gasteiger partial charge in [0, 0.05) is 36.9 Å². The number of aliphatic imine (C=N–C) groups is 1. The standard InChI is InChI=1S/C13H15N3O3/c1-2-3-13(17)15-7-6-14-9-10-8-11(16(18)19)4-5-12(10)15/h4-5,8-9H,2-3,6-7H2,1H3. The molecule has 1 amide bonds. The van der Waals surface area contributed by atoms with E-state index in [1.54, 1.807) is 17.2 Å². The lowest BCUT2D eigenvalue weighted by atomic mass is 10.1. The number of anilines is 1. The molecular weight excluding hydrogens is 246 g/mol. The van der Waals surface area contributed by atoms with Crippen LogP contribution in [0.1, 0.15) is 25.3 Å². The van der Waals surface area contributed by atoms with Crippen molar-refractivity contribution in [1.82, 2.24) is 0 Å². The summed E-state index contributed by atoms with van der Waals surface area (Å²) in [4.78, 5) is 28.2. The Labute approximate surface area is 110 Å². The summed E-state index contributed by atoms with van der Waals surface area (Å²) in [5.74, 6) is 0.0307. The van der Waals surface area contributed by atoms with Crippen LogP contribution in [0.4, 0.5) is 11.4 Å². The Morgan fingerprint density at radius 1 is 1.53 bits per heavy atom. The molecule has 2 rings (SSSR count). The first-order valence-electron chi connectivity index (χ1n) is 6.22. The van der Waals surface area contributed by atoms with Crippen molar-refractivity contribution < 1.29 is 9.72 Å². The van der Waals surface area contributed by atoms with Crippen LogP contribution < -0.4 is 4.90 Å². The summed E-state index contributed by atoms with van der Waals surface area (Å²) in [6.07, 6.45) is 2.84. The second-order valence-corrected chi connectivity index (χ2v) is 4.33. The molecule has 1 aliphatic rings. The lowest BCUT2D eigenvalue weighted by Gasteiger charge is -2.22. The number of amides is 1. The Morgan fingerprint density at radius 2 is 2.32 bits per heavy atom. The van der Waals surface area contributed by atoms with Crippen LogP contribution in [-0.2, 0) is 4.79 Å². The largest absolute Gasteiger partial charge is 0.310 e. The molecule has 0 aromatic heterocycles. The van der Waals surface area contributed by atoms with E-state index in [9.17, 15) is 14.9 Å². The van der Waals surface area contributed by atoms with Crippen molar-refractivity contribution in [2.45, 2.75) is 19.8 Å². The number of nitro benzene ring substituents is 1. The van der Waals surface area contributed by atoms with Gasteiger partial charge in [0.15, 0.2) is 0 Å². The molecule has 0 atom stereocenters. The molecule has 0 unspecified atom stereocenters. The van der Waals surface area contributed by atoms with Crippen molar-refractivity contribution in [2.24, 2.45) is 4.99 Å². The summed E-state index contributed by atoms with van der Waals surface area (Å²) in [6, 6.07) is 4.50. The van der Waals surface area contributed by atoms with E-state index >= 15 is 0 Å². The fourth-order valence-electron chi connectivity index (χ4n) is 2.05. The van der Waals surface area contributed by atoms with E-state index in [0.717, 1.165) is 6.42 Å². The van der Waals surface area contributed by atoms with Gasteiger partial charge in [-0.25, -0.2) is 0 Å². The minimum atomic E-state index is -0.447. The number of hydrogen-bond acceptors (Lipinski definition) is 4. The number of carbonyl (C=O) groups excluding carboxylic acids is 1. The van der Waals surface area contributed by atoms with Crippen molar-refractivity contribution >= 4 is 23.5 Å². The van der Waals surface area contributed by atoms with Gasteiger partial charge < -0.3 is 4.90 Å². The fraction of sp³-hybridized carbons (Fsp3) is 0.385. The monoisotopic (exact) mass is 261 g/mol. The lowest BCUT2D eigenvalue weighted by Crippen LogP contribution is -2.32. The van der Waals surface area contributed by atoms with Gasteiger partial charge in [-0.3, -0.25) is 19.9 Å². The summed E-state index contributed by atoms with van der Waals surface area (Å²) in [6.45, 7) is 2.97. The maximum atomic E-state index is 12.1. The van der Waals surface area contributed by atoms with Gasteiger partial charge in [-0.05, 0) is 12.5 Å². The lowest BCUT2D eigenvalue weighted by molar-refractivity contribution is -0.384. The molecule has 0 aliphatic carbocycles.